The quantitative estimate of drug-likeness (QED) is 0.0221. The van der Waals surface area contributed by atoms with Gasteiger partial charge in [-0.1, -0.05) is 127 Å². The van der Waals surface area contributed by atoms with E-state index in [1.807, 2.05) is 103 Å². The number of Topliss-reactive ketones (excluding diaryl/α,β-unsaturated/α-hetero) is 3. The standard InChI is InChI=1S/2C31H44N2O5.C24H30N2O2/c2*1-6-14-32-22-25(3)33(23-24(32)2)31(28-12-10-27(11-13-28)26(4)34)29-8-7-9-30(21-29)38-20-19-37-18-17-36-16-15-35-5;1-5-13-25-15-18(3)26(16-17(25)2)24(22-7-6-8-23(28)14-22)21-11-9-20(10-12-21)19(4)27/h2*6-13,21,24-25,31H,1,14-20,22-23H2,2-5H3;5-12,14,17-18,24,28H,1,13,15-16H2,2-4H3/t2*24-,25+,31-;17-,18+,24-/m111/s1. The maximum absolute atomic E-state index is 11.9. The third-order valence-electron chi connectivity index (χ3n) is 19.6. The Bertz CT molecular complexity index is 3390. The molecule has 3 aliphatic heterocycles. The number of hydrogen-bond donors (Lipinski definition) is 1. The molecule has 1 N–H and O–H groups in total. The molecule has 3 fully saturated rings. The lowest BCUT2D eigenvalue weighted by atomic mass is 9.92. The molecule has 0 unspecified atom stereocenters. The van der Waals surface area contributed by atoms with Crippen molar-refractivity contribution in [2.75, 3.05) is 152 Å². The van der Waals surface area contributed by atoms with E-state index in [0.29, 0.717) is 116 Å². The highest BCUT2D eigenvalue weighted by atomic mass is 16.6. The Labute approximate surface area is 621 Å². The summed E-state index contributed by atoms with van der Waals surface area (Å²) in [7, 11) is 3.31. The zero-order chi connectivity index (χ0) is 74.9. The third kappa shape index (κ3) is 25.6. The van der Waals surface area contributed by atoms with Crippen LogP contribution in [0.3, 0.4) is 0 Å². The molecule has 6 aromatic rings. The highest BCUT2D eigenvalue weighted by molar-refractivity contribution is 5.95. The number of piperazine rings is 3. The van der Waals surface area contributed by atoms with Gasteiger partial charge < -0.3 is 43.0 Å². The Morgan fingerprint density at radius 1 is 0.375 bits per heavy atom. The summed E-state index contributed by atoms with van der Waals surface area (Å²) < 4.78 is 44.1. The van der Waals surface area contributed by atoms with Crippen molar-refractivity contribution in [3.63, 3.8) is 0 Å². The number of carbonyl (C=O) groups is 3. The predicted octanol–water partition coefficient (Wildman–Crippen LogP) is 13.5. The van der Waals surface area contributed by atoms with Gasteiger partial charge in [0, 0.05) is 126 Å². The Morgan fingerprint density at radius 2 is 0.654 bits per heavy atom. The molecule has 18 nitrogen and oxygen atoms in total. The molecular weight excluding hydrogens is 1310 g/mol. The van der Waals surface area contributed by atoms with Crippen LogP contribution in [0.4, 0.5) is 0 Å². The highest BCUT2D eigenvalue weighted by Gasteiger charge is 2.38. The van der Waals surface area contributed by atoms with Crippen LogP contribution < -0.4 is 9.47 Å². The van der Waals surface area contributed by atoms with E-state index in [1.54, 1.807) is 41.1 Å². The number of aromatic hydroxyl groups is 1. The van der Waals surface area contributed by atoms with Gasteiger partial charge in [-0.2, -0.15) is 0 Å². The summed E-state index contributed by atoms with van der Waals surface area (Å²) in [6.45, 7) is 44.9. The second-order valence-corrected chi connectivity index (χ2v) is 27.5. The van der Waals surface area contributed by atoms with E-state index < -0.39 is 0 Å². The minimum absolute atomic E-state index is 0.0245. The number of ether oxygens (including phenoxy) is 8. The lowest BCUT2D eigenvalue weighted by molar-refractivity contribution is 0.0179. The Kier molecular flexibility index (Phi) is 35.8. The number of phenolic OH excluding ortho intramolecular Hbond substituents is 1. The largest absolute Gasteiger partial charge is 0.508 e. The summed E-state index contributed by atoms with van der Waals surface area (Å²) in [6, 6.07) is 50.5. The van der Waals surface area contributed by atoms with Crippen molar-refractivity contribution in [3.8, 4) is 17.2 Å². The normalized spacial score (nSPS) is 20.0. The van der Waals surface area contributed by atoms with E-state index in [0.717, 1.165) is 98.2 Å². The molecule has 9 atom stereocenters. The predicted molar refractivity (Wildman–Crippen MR) is 416 cm³/mol. The fourth-order valence-electron chi connectivity index (χ4n) is 14.1. The topological polar surface area (TPSA) is 165 Å². The van der Waals surface area contributed by atoms with Gasteiger partial charge in [0.1, 0.15) is 30.5 Å². The van der Waals surface area contributed by atoms with Gasteiger partial charge in [-0.05, 0) is 132 Å². The van der Waals surface area contributed by atoms with Gasteiger partial charge in [0.15, 0.2) is 17.3 Å². The monoisotopic (exact) mass is 1430 g/mol. The van der Waals surface area contributed by atoms with E-state index in [1.165, 1.54) is 22.3 Å². The summed E-state index contributed by atoms with van der Waals surface area (Å²) in [5, 5.41) is 10.1. The molecule has 0 aromatic heterocycles. The van der Waals surface area contributed by atoms with Crippen LogP contribution in [0.25, 0.3) is 0 Å². The van der Waals surface area contributed by atoms with E-state index in [4.69, 9.17) is 37.9 Å². The van der Waals surface area contributed by atoms with Crippen LogP contribution >= 0.6 is 0 Å². The molecule has 0 bridgehead atoms. The number of hydrogen-bond acceptors (Lipinski definition) is 18. The summed E-state index contributed by atoms with van der Waals surface area (Å²) in [6.07, 6.45) is 5.93. The summed E-state index contributed by atoms with van der Waals surface area (Å²) >= 11 is 0. The SMILES string of the molecule is C=CCN1C[C@H](C)N([C@H](c2ccc(C(C)=O)cc2)c2cccc(O)c2)C[C@H]1C.C=CCN1C[C@H](C)N([C@H](c2ccc(C(C)=O)cc2)c2cccc(OCCOCCOCCOC)c2)C[C@H]1C.C=CCN1C[C@H](C)N([C@H](c2ccc(C(C)=O)cc2)c2cccc(OCCOCCOCCOC)c2)C[C@H]1C. The zero-order valence-electron chi connectivity index (χ0n) is 63.9. The van der Waals surface area contributed by atoms with Crippen molar-refractivity contribution < 1.29 is 57.4 Å². The molecule has 6 aromatic carbocycles. The maximum atomic E-state index is 11.9. The molecule has 0 radical (unpaired) electrons. The van der Waals surface area contributed by atoms with Crippen LogP contribution in [-0.4, -0.2) is 241 Å². The Hall–Kier alpha value is -7.53. The molecule has 3 heterocycles. The van der Waals surface area contributed by atoms with Crippen molar-refractivity contribution in [1.82, 2.24) is 29.4 Å². The summed E-state index contributed by atoms with van der Waals surface area (Å²) in [5.41, 5.74) is 9.04. The van der Waals surface area contributed by atoms with Gasteiger partial charge in [-0.25, -0.2) is 0 Å². The molecule has 0 spiro atoms. The lowest BCUT2D eigenvalue weighted by Crippen LogP contribution is -2.57. The molecular formula is C86H118N6O12. The lowest BCUT2D eigenvalue weighted by Gasteiger charge is -2.47. The number of carbonyl (C=O) groups excluding carboxylic acids is 3. The van der Waals surface area contributed by atoms with Crippen LogP contribution in [0.15, 0.2) is 184 Å². The zero-order valence-corrected chi connectivity index (χ0v) is 63.9. The van der Waals surface area contributed by atoms with Crippen LogP contribution in [-0.2, 0) is 28.4 Å². The van der Waals surface area contributed by atoms with Gasteiger partial charge in [0.2, 0.25) is 0 Å². The molecule has 564 valence electrons. The van der Waals surface area contributed by atoms with Gasteiger partial charge in [0.25, 0.3) is 0 Å². The van der Waals surface area contributed by atoms with Gasteiger partial charge in [-0.3, -0.25) is 43.8 Å². The van der Waals surface area contributed by atoms with Crippen molar-refractivity contribution in [2.45, 2.75) is 117 Å². The molecule has 0 saturated carbocycles. The third-order valence-corrected chi connectivity index (χ3v) is 19.6. The molecule has 3 aliphatic rings. The number of phenols is 1. The van der Waals surface area contributed by atoms with Crippen LogP contribution in [0.1, 0.15) is 145 Å². The van der Waals surface area contributed by atoms with E-state index in [-0.39, 0.29) is 41.2 Å². The molecule has 18 heteroatoms. The second kappa shape index (κ2) is 44.4. The fourth-order valence-corrected chi connectivity index (χ4v) is 14.1. The van der Waals surface area contributed by atoms with Crippen molar-refractivity contribution in [1.29, 1.82) is 0 Å². The first-order valence-corrected chi connectivity index (χ1v) is 37.0. The van der Waals surface area contributed by atoms with Crippen LogP contribution in [0.5, 0.6) is 17.2 Å². The van der Waals surface area contributed by atoms with E-state index >= 15 is 0 Å². The number of nitrogens with zero attached hydrogens (tertiary/aromatic N) is 6. The fraction of sp³-hybridized carbons (Fsp3) is 0.477. The second-order valence-electron chi connectivity index (χ2n) is 27.5. The van der Waals surface area contributed by atoms with Gasteiger partial charge >= 0.3 is 0 Å². The molecule has 0 amide bonds. The smallest absolute Gasteiger partial charge is 0.159 e. The first kappa shape index (κ1) is 83.7. The Morgan fingerprint density at radius 3 is 0.933 bits per heavy atom. The minimum Gasteiger partial charge on any atom is -0.508 e. The summed E-state index contributed by atoms with van der Waals surface area (Å²) in [5.74, 6) is 2.13. The average Bonchev–Trinajstić information content (AvgIpc) is 0.796. The van der Waals surface area contributed by atoms with Crippen molar-refractivity contribution in [2.24, 2.45) is 0 Å². The number of rotatable bonds is 38. The highest BCUT2D eigenvalue weighted by Crippen LogP contribution is 2.39. The number of ketones is 3. The first-order valence-electron chi connectivity index (χ1n) is 37.0. The van der Waals surface area contributed by atoms with Crippen LogP contribution in [0, 0.1) is 0 Å². The van der Waals surface area contributed by atoms with Crippen LogP contribution in [0.2, 0.25) is 0 Å². The Balaban J connectivity index is 0.000000221. The van der Waals surface area contributed by atoms with Crippen molar-refractivity contribution >= 4 is 17.3 Å². The van der Waals surface area contributed by atoms with E-state index in [9.17, 15) is 19.5 Å². The minimum atomic E-state index is 0.0245. The maximum Gasteiger partial charge on any atom is 0.159 e. The molecule has 104 heavy (non-hydrogen) atoms. The van der Waals surface area contributed by atoms with Crippen molar-refractivity contribution in [3.05, 3.63) is 234 Å². The number of benzene rings is 6. The number of methoxy groups -OCH3 is 2. The van der Waals surface area contributed by atoms with Gasteiger partial charge in [-0.15, -0.1) is 19.7 Å². The molecule has 3 saturated heterocycles. The molecule has 0 aliphatic carbocycles. The summed E-state index contributed by atoms with van der Waals surface area (Å²) in [4.78, 5) is 50.5. The molecule has 9 rings (SSSR count). The van der Waals surface area contributed by atoms with E-state index in [2.05, 4.69) is 145 Å². The van der Waals surface area contributed by atoms with Gasteiger partial charge in [0.05, 0.1) is 84.2 Å². The first-order chi connectivity index (χ1) is 50.3. The average molecular weight is 1430 g/mol.